The van der Waals surface area contributed by atoms with Crippen LogP contribution in [0, 0.1) is 13.8 Å². The van der Waals surface area contributed by atoms with Gasteiger partial charge in [-0.15, -0.1) is 0 Å². The Morgan fingerprint density at radius 2 is 1.72 bits per heavy atom. The van der Waals surface area contributed by atoms with Crippen LogP contribution >= 0.6 is 0 Å². The summed E-state index contributed by atoms with van der Waals surface area (Å²) in [6, 6.07) is 12.1. The zero-order valence-electron chi connectivity index (χ0n) is 17.2. The molecule has 0 bridgehead atoms. The van der Waals surface area contributed by atoms with Crippen LogP contribution in [0.15, 0.2) is 36.4 Å². The molecule has 2 aliphatic heterocycles. The summed E-state index contributed by atoms with van der Waals surface area (Å²) in [5, 5.41) is 0. The van der Waals surface area contributed by atoms with Crippen molar-refractivity contribution >= 4 is 23.1 Å². The normalized spacial score (nSPS) is 16.1. The van der Waals surface area contributed by atoms with E-state index in [0.29, 0.717) is 12.1 Å². The second-order valence-electron chi connectivity index (χ2n) is 7.93. The molecule has 5 nitrogen and oxygen atoms in total. The third kappa shape index (κ3) is 4.20. The minimum absolute atomic E-state index is 0.0278. The molecule has 29 heavy (non-hydrogen) atoms. The molecule has 2 aliphatic rings. The highest BCUT2D eigenvalue weighted by Crippen LogP contribution is 2.33. The number of morpholine rings is 1. The van der Waals surface area contributed by atoms with Gasteiger partial charge in [0.2, 0.25) is 5.91 Å². The topological polar surface area (TPSA) is 49.9 Å². The number of ether oxygens (including phenoxy) is 1. The number of Topliss-reactive ketones (excluding diaryl/α,β-unsaturated/α-hetero) is 1. The molecular weight excluding hydrogens is 364 g/mol. The molecule has 0 atom stereocenters. The maximum atomic E-state index is 12.9. The molecular formula is C24H28N2O3. The second kappa shape index (κ2) is 8.37. The molecule has 4 rings (SSSR count). The lowest BCUT2D eigenvalue weighted by atomic mass is 10.0. The van der Waals surface area contributed by atoms with Gasteiger partial charge in [0, 0.05) is 49.4 Å². The largest absolute Gasteiger partial charge is 0.378 e. The van der Waals surface area contributed by atoms with Crippen molar-refractivity contribution in [3.8, 4) is 0 Å². The number of carbonyl (C=O) groups excluding carboxylic acids is 2. The van der Waals surface area contributed by atoms with Crippen molar-refractivity contribution in [2.45, 2.75) is 33.1 Å². The van der Waals surface area contributed by atoms with E-state index in [2.05, 4.69) is 23.1 Å². The molecule has 2 aromatic carbocycles. The Kier molecular flexibility index (Phi) is 5.67. The molecule has 0 unspecified atom stereocenters. The molecule has 0 aliphatic carbocycles. The van der Waals surface area contributed by atoms with E-state index in [0.717, 1.165) is 49.7 Å². The van der Waals surface area contributed by atoms with E-state index in [9.17, 15) is 9.59 Å². The van der Waals surface area contributed by atoms with Crippen LogP contribution in [0.3, 0.4) is 0 Å². The van der Waals surface area contributed by atoms with Crippen molar-refractivity contribution in [3.05, 3.63) is 58.7 Å². The summed E-state index contributed by atoms with van der Waals surface area (Å²) in [7, 11) is 0. The van der Waals surface area contributed by atoms with E-state index in [1.807, 2.05) is 36.9 Å². The Morgan fingerprint density at radius 1 is 0.931 bits per heavy atom. The van der Waals surface area contributed by atoms with Crippen LogP contribution in [0.5, 0.6) is 0 Å². The van der Waals surface area contributed by atoms with Crippen LogP contribution in [0.4, 0.5) is 11.4 Å². The molecule has 1 saturated heterocycles. The number of aryl methyl sites for hydroxylation is 2. The van der Waals surface area contributed by atoms with Crippen molar-refractivity contribution in [1.29, 1.82) is 0 Å². The first kappa shape index (κ1) is 19.6. The molecule has 2 heterocycles. The van der Waals surface area contributed by atoms with Gasteiger partial charge in [0.25, 0.3) is 0 Å². The quantitative estimate of drug-likeness (QED) is 0.728. The summed E-state index contributed by atoms with van der Waals surface area (Å²) in [6.45, 7) is 7.95. The minimum Gasteiger partial charge on any atom is -0.378 e. The number of hydrogen-bond acceptors (Lipinski definition) is 4. The summed E-state index contributed by atoms with van der Waals surface area (Å²) in [4.78, 5) is 29.6. The number of rotatable bonds is 5. The van der Waals surface area contributed by atoms with Gasteiger partial charge in [-0.2, -0.15) is 0 Å². The Hall–Kier alpha value is -2.66. The van der Waals surface area contributed by atoms with E-state index in [4.69, 9.17) is 4.74 Å². The van der Waals surface area contributed by atoms with Crippen LogP contribution in [-0.2, 0) is 16.0 Å². The van der Waals surface area contributed by atoms with Gasteiger partial charge in [0.15, 0.2) is 5.78 Å². The van der Waals surface area contributed by atoms with Crippen molar-refractivity contribution in [2.24, 2.45) is 0 Å². The van der Waals surface area contributed by atoms with Gasteiger partial charge in [-0.3, -0.25) is 9.59 Å². The molecule has 2 aromatic rings. The zero-order chi connectivity index (χ0) is 20.4. The smallest absolute Gasteiger partial charge is 0.227 e. The summed E-state index contributed by atoms with van der Waals surface area (Å²) in [5.41, 5.74) is 6.30. The minimum atomic E-state index is 0.0278. The van der Waals surface area contributed by atoms with Crippen molar-refractivity contribution in [1.82, 2.24) is 0 Å². The van der Waals surface area contributed by atoms with Gasteiger partial charge in [0.1, 0.15) is 0 Å². The lowest BCUT2D eigenvalue weighted by molar-refractivity contribution is -0.118. The molecule has 0 saturated carbocycles. The Balaban J connectivity index is 1.42. The third-order valence-corrected chi connectivity index (χ3v) is 6.04. The number of amides is 1. The van der Waals surface area contributed by atoms with Crippen molar-refractivity contribution < 1.29 is 14.3 Å². The van der Waals surface area contributed by atoms with Crippen LogP contribution in [0.1, 0.15) is 39.9 Å². The van der Waals surface area contributed by atoms with Crippen LogP contribution in [-0.4, -0.2) is 44.5 Å². The number of nitrogens with zero attached hydrogens (tertiary/aromatic N) is 2. The standard InChI is InChI=1S/C24H28N2O3/c1-17-3-4-20(15-18(17)2)23(27)7-8-24(28)26-10-9-19-5-6-21(16-22(19)26)25-11-13-29-14-12-25/h3-6,15-16H,7-14H2,1-2H3. The van der Waals surface area contributed by atoms with Gasteiger partial charge >= 0.3 is 0 Å². The highest BCUT2D eigenvalue weighted by Gasteiger charge is 2.26. The van der Waals surface area contributed by atoms with Gasteiger partial charge in [-0.25, -0.2) is 0 Å². The number of ketones is 1. The fourth-order valence-electron chi connectivity index (χ4n) is 4.06. The first-order chi connectivity index (χ1) is 14.0. The third-order valence-electron chi connectivity index (χ3n) is 6.04. The summed E-state index contributed by atoms with van der Waals surface area (Å²) in [6.07, 6.45) is 1.36. The van der Waals surface area contributed by atoms with Gasteiger partial charge < -0.3 is 14.5 Å². The van der Waals surface area contributed by atoms with E-state index < -0.39 is 0 Å². The Bertz CT molecular complexity index is 932. The average molecular weight is 392 g/mol. The number of benzene rings is 2. The molecule has 0 spiro atoms. The number of hydrogen-bond donors (Lipinski definition) is 0. The summed E-state index contributed by atoms with van der Waals surface area (Å²) < 4.78 is 5.44. The number of carbonyl (C=O) groups is 2. The Labute approximate surface area is 172 Å². The second-order valence-corrected chi connectivity index (χ2v) is 7.93. The molecule has 0 radical (unpaired) electrons. The SMILES string of the molecule is Cc1ccc(C(=O)CCC(=O)N2CCc3ccc(N4CCOCC4)cc32)cc1C. The van der Waals surface area contributed by atoms with Crippen molar-refractivity contribution in [3.63, 3.8) is 0 Å². The molecule has 0 aromatic heterocycles. The van der Waals surface area contributed by atoms with E-state index >= 15 is 0 Å². The molecule has 1 fully saturated rings. The first-order valence-electron chi connectivity index (χ1n) is 10.4. The number of fused-ring (bicyclic) bond motifs is 1. The van der Waals surface area contributed by atoms with Gasteiger partial charge in [0.05, 0.1) is 13.2 Å². The monoisotopic (exact) mass is 392 g/mol. The van der Waals surface area contributed by atoms with Crippen LogP contribution in [0.2, 0.25) is 0 Å². The summed E-state index contributed by atoms with van der Waals surface area (Å²) in [5.74, 6) is 0.0583. The fourth-order valence-corrected chi connectivity index (χ4v) is 4.06. The first-order valence-corrected chi connectivity index (χ1v) is 10.4. The molecule has 5 heteroatoms. The molecule has 1 amide bonds. The van der Waals surface area contributed by atoms with E-state index in [1.54, 1.807) is 0 Å². The molecule has 0 N–H and O–H groups in total. The highest BCUT2D eigenvalue weighted by molar-refractivity contribution is 6.01. The lowest BCUT2D eigenvalue weighted by Crippen LogP contribution is -2.36. The van der Waals surface area contributed by atoms with Gasteiger partial charge in [-0.1, -0.05) is 18.2 Å². The maximum absolute atomic E-state index is 12.9. The predicted octanol–water partition coefficient (Wildman–Crippen LogP) is 3.69. The molecule has 152 valence electrons. The highest BCUT2D eigenvalue weighted by atomic mass is 16.5. The maximum Gasteiger partial charge on any atom is 0.227 e. The van der Waals surface area contributed by atoms with E-state index in [1.165, 1.54) is 11.1 Å². The lowest BCUT2D eigenvalue weighted by Gasteiger charge is -2.29. The predicted molar refractivity (Wildman–Crippen MR) is 115 cm³/mol. The summed E-state index contributed by atoms with van der Waals surface area (Å²) >= 11 is 0. The van der Waals surface area contributed by atoms with Gasteiger partial charge in [-0.05, 0) is 55.2 Å². The Morgan fingerprint density at radius 3 is 2.48 bits per heavy atom. The zero-order valence-corrected chi connectivity index (χ0v) is 17.2. The average Bonchev–Trinajstić information content (AvgIpc) is 3.17. The van der Waals surface area contributed by atoms with Crippen molar-refractivity contribution in [2.75, 3.05) is 42.6 Å². The van der Waals surface area contributed by atoms with Crippen LogP contribution in [0.25, 0.3) is 0 Å². The number of anilines is 2. The van der Waals surface area contributed by atoms with E-state index in [-0.39, 0.29) is 24.5 Å². The fraction of sp³-hybridized carbons (Fsp3) is 0.417. The van der Waals surface area contributed by atoms with Crippen LogP contribution < -0.4 is 9.80 Å².